The lowest BCUT2D eigenvalue weighted by Gasteiger charge is -2.19. The summed E-state index contributed by atoms with van der Waals surface area (Å²) in [4.78, 5) is 23.4. The molecule has 0 aliphatic rings. The molecule has 23 heavy (non-hydrogen) atoms. The molecule has 0 bridgehead atoms. The van der Waals surface area contributed by atoms with Crippen molar-refractivity contribution in [1.29, 1.82) is 0 Å². The predicted molar refractivity (Wildman–Crippen MR) is 88.3 cm³/mol. The second-order valence-electron chi connectivity index (χ2n) is 4.85. The molecule has 0 unspecified atom stereocenters. The maximum Gasteiger partial charge on any atom is 0.312 e. The molecule has 0 aromatic heterocycles. The Hall–Kier alpha value is -2.73. The quantitative estimate of drug-likeness (QED) is 0.632. The number of hydrogen-bond donors (Lipinski definition) is 4. The summed E-state index contributed by atoms with van der Waals surface area (Å²) in [6, 6.07) is 11.8. The third-order valence-electron chi connectivity index (χ3n) is 3.16. The first kappa shape index (κ1) is 16.6. The standard InChI is InChI=1S/C16H16ClN3O3/c17-11-6-2-1-5-10(11)13(20-16(18)23)9-15(22)19-12-7-3-4-8-14(12)21/h1-8,13,21H,9H2,(H,19,22)(H3,18,20,23)/t13-/m0/s1. The fourth-order valence-electron chi connectivity index (χ4n) is 2.13. The zero-order valence-corrected chi connectivity index (χ0v) is 12.9. The molecule has 0 radical (unpaired) electrons. The molecule has 3 amide bonds. The van der Waals surface area contributed by atoms with E-state index in [-0.39, 0.29) is 17.9 Å². The summed E-state index contributed by atoms with van der Waals surface area (Å²) >= 11 is 6.11. The smallest absolute Gasteiger partial charge is 0.312 e. The van der Waals surface area contributed by atoms with Crippen molar-refractivity contribution in [2.24, 2.45) is 5.73 Å². The van der Waals surface area contributed by atoms with Crippen molar-refractivity contribution in [3.63, 3.8) is 0 Å². The lowest BCUT2D eigenvalue weighted by molar-refractivity contribution is -0.116. The van der Waals surface area contributed by atoms with Gasteiger partial charge in [0.25, 0.3) is 0 Å². The van der Waals surface area contributed by atoms with Crippen molar-refractivity contribution in [3.05, 3.63) is 59.1 Å². The molecule has 7 heteroatoms. The highest BCUT2D eigenvalue weighted by atomic mass is 35.5. The number of aromatic hydroxyl groups is 1. The molecular weight excluding hydrogens is 318 g/mol. The summed E-state index contributed by atoms with van der Waals surface area (Å²) in [7, 11) is 0. The van der Waals surface area contributed by atoms with E-state index in [1.165, 1.54) is 6.07 Å². The number of anilines is 1. The minimum atomic E-state index is -0.759. The van der Waals surface area contributed by atoms with Crippen LogP contribution in [0, 0.1) is 0 Å². The van der Waals surface area contributed by atoms with Gasteiger partial charge < -0.3 is 21.5 Å². The number of phenolic OH excluding ortho intramolecular Hbond substituents is 1. The van der Waals surface area contributed by atoms with E-state index in [1.54, 1.807) is 42.5 Å². The highest BCUT2D eigenvalue weighted by Crippen LogP contribution is 2.27. The van der Waals surface area contributed by atoms with Crippen LogP contribution in [0.2, 0.25) is 5.02 Å². The molecule has 0 aliphatic heterocycles. The van der Waals surface area contributed by atoms with Crippen molar-refractivity contribution in [2.45, 2.75) is 12.5 Å². The number of halogens is 1. The number of carbonyl (C=O) groups excluding carboxylic acids is 2. The van der Waals surface area contributed by atoms with Gasteiger partial charge >= 0.3 is 6.03 Å². The van der Waals surface area contributed by atoms with Crippen LogP contribution in [0.3, 0.4) is 0 Å². The second-order valence-corrected chi connectivity index (χ2v) is 5.26. The average Bonchev–Trinajstić information content (AvgIpc) is 2.49. The summed E-state index contributed by atoms with van der Waals surface area (Å²) in [6.45, 7) is 0. The van der Waals surface area contributed by atoms with Gasteiger partial charge in [-0.05, 0) is 23.8 Å². The fraction of sp³-hybridized carbons (Fsp3) is 0.125. The number of nitrogens with two attached hydrogens (primary N) is 1. The molecule has 0 heterocycles. The maximum atomic E-state index is 12.2. The number of carbonyl (C=O) groups is 2. The van der Waals surface area contributed by atoms with Crippen LogP contribution in [0.4, 0.5) is 10.5 Å². The molecule has 5 N–H and O–H groups in total. The Balaban J connectivity index is 2.15. The van der Waals surface area contributed by atoms with Gasteiger partial charge in [0.05, 0.1) is 18.2 Å². The zero-order chi connectivity index (χ0) is 16.8. The average molecular weight is 334 g/mol. The molecule has 0 saturated carbocycles. The molecule has 0 saturated heterocycles. The van der Waals surface area contributed by atoms with E-state index < -0.39 is 18.0 Å². The third kappa shape index (κ3) is 4.62. The number of benzene rings is 2. The lowest BCUT2D eigenvalue weighted by atomic mass is 10.0. The summed E-state index contributed by atoms with van der Waals surface area (Å²) < 4.78 is 0. The minimum absolute atomic E-state index is 0.0435. The maximum absolute atomic E-state index is 12.2. The molecule has 2 aromatic rings. The van der Waals surface area contributed by atoms with Crippen LogP contribution in [-0.4, -0.2) is 17.0 Å². The third-order valence-corrected chi connectivity index (χ3v) is 3.51. The van der Waals surface area contributed by atoms with Gasteiger partial charge in [-0.2, -0.15) is 0 Å². The number of phenols is 1. The van der Waals surface area contributed by atoms with Gasteiger partial charge in [-0.15, -0.1) is 0 Å². The molecular formula is C16H16ClN3O3. The van der Waals surface area contributed by atoms with Gasteiger partial charge in [0.2, 0.25) is 5.91 Å². The number of para-hydroxylation sites is 2. The van der Waals surface area contributed by atoms with Crippen LogP contribution in [0.25, 0.3) is 0 Å². The molecule has 0 fully saturated rings. The van der Waals surface area contributed by atoms with Crippen LogP contribution < -0.4 is 16.4 Å². The van der Waals surface area contributed by atoms with Gasteiger partial charge in [0.15, 0.2) is 0 Å². The summed E-state index contributed by atoms with van der Waals surface area (Å²) in [5.41, 5.74) is 6.04. The normalized spacial score (nSPS) is 11.5. The SMILES string of the molecule is NC(=O)N[C@@H](CC(=O)Nc1ccccc1O)c1ccccc1Cl. The van der Waals surface area contributed by atoms with E-state index in [4.69, 9.17) is 17.3 Å². The van der Waals surface area contributed by atoms with Crippen molar-refractivity contribution in [1.82, 2.24) is 5.32 Å². The topological polar surface area (TPSA) is 104 Å². The van der Waals surface area contributed by atoms with Gasteiger partial charge in [-0.3, -0.25) is 4.79 Å². The zero-order valence-electron chi connectivity index (χ0n) is 12.1. The second kappa shape index (κ2) is 7.51. The fourth-order valence-corrected chi connectivity index (χ4v) is 2.40. The largest absolute Gasteiger partial charge is 0.506 e. The van der Waals surface area contributed by atoms with Crippen molar-refractivity contribution in [2.75, 3.05) is 5.32 Å². The van der Waals surface area contributed by atoms with Crippen LogP contribution in [0.15, 0.2) is 48.5 Å². The Morgan fingerprint density at radius 1 is 1.13 bits per heavy atom. The molecule has 120 valence electrons. The predicted octanol–water partition coefficient (Wildman–Crippen LogP) is 2.78. The summed E-state index contributed by atoms with van der Waals surface area (Å²) in [5.74, 6) is -0.442. The molecule has 0 aliphatic carbocycles. The lowest BCUT2D eigenvalue weighted by Crippen LogP contribution is -2.35. The van der Waals surface area contributed by atoms with Crippen molar-refractivity contribution < 1.29 is 14.7 Å². The van der Waals surface area contributed by atoms with E-state index in [0.29, 0.717) is 10.6 Å². The van der Waals surface area contributed by atoms with Crippen LogP contribution in [-0.2, 0) is 4.79 Å². The summed E-state index contributed by atoms with van der Waals surface area (Å²) in [5, 5.41) is 15.2. The first-order valence-corrected chi connectivity index (χ1v) is 7.23. The van der Waals surface area contributed by atoms with Crippen molar-refractivity contribution >= 4 is 29.2 Å². The first-order chi connectivity index (χ1) is 11.0. The number of hydrogen-bond acceptors (Lipinski definition) is 3. The van der Waals surface area contributed by atoms with E-state index >= 15 is 0 Å². The monoisotopic (exact) mass is 333 g/mol. The Kier molecular flexibility index (Phi) is 5.43. The number of rotatable bonds is 5. The molecule has 1 atom stereocenters. The Morgan fingerprint density at radius 2 is 1.78 bits per heavy atom. The van der Waals surface area contributed by atoms with Crippen molar-refractivity contribution in [3.8, 4) is 5.75 Å². The van der Waals surface area contributed by atoms with Crippen LogP contribution >= 0.6 is 11.6 Å². The van der Waals surface area contributed by atoms with Gasteiger partial charge in [0.1, 0.15) is 5.75 Å². The van der Waals surface area contributed by atoms with E-state index in [9.17, 15) is 14.7 Å². The molecule has 2 rings (SSSR count). The van der Waals surface area contributed by atoms with Gasteiger partial charge in [0, 0.05) is 5.02 Å². The minimum Gasteiger partial charge on any atom is -0.506 e. The highest BCUT2D eigenvalue weighted by molar-refractivity contribution is 6.31. The molecule has 2 aromatic carbocycles. The number of urea groups is 1. The first-order valence-electron chi connectivity index (χ1n) is 6.85. The highest BCUT2D eigenvalue weighted by Gasteiger charge is 2.20. The molecule has 6 nitrogen and oxygen atoms in total. The Labute approximate surface area is 138 Å². The Morgan fingerprint density at radius 3 is 2.43 bits per heavy atom. The van der Waals surface area contributed by atoms with E-state index in [0.717, 1.165) is 0 Å². The van der Waals surface area contributed by atoms with Crippen LogP contribution in [0.1, 0.15) is 18.0 Å². The van der Waals surface area contributed by atoms with E-state index in [1.807, 2.05) is 0 Å². The number of amides is 3. The van der Waals surface area contributed by atoms with E-state index in [2.05, 4.69) is 10.6 Å². The van der Waals surface area contributed by atoms with Crippen LogP contribution in [0.5, 0.6) is 5.75 Å². The molecule has 0 spiro atoms. The van der Waals surface area contributed by atoms with Gasteiger partial charge in [-0.25, -0.2) is 4.79 Å². The Bertz CT molecular complexity index is 721. The van der Waals surface area contributed by atoms with Gasteiger partial charge in [-0.1, -0.05) is 41.9 Å². The number of nitrogens with one attached hydrogen (secondary N) is 2. The summed E-state index contributed by atoms with van der Waals surface area (Å²) in [6.07, 6.45) is -0.0823. The number of primary amides is 1.